The van der Waals surface area contributed by atoms with Crippen molar-refractivity contribution in [2.45, 2.75) is 51.9 Å². The highest BCUT2D eigenvalue weighted by atomic mass is 32.1. The number of amides is 1. The molecule has 20 heavy (non-hydrogen) atoms. The topological polar surface area (TPSA) is 66.4 Å². The summed E-state index contributed by atoms with van der Waals surface area (Å²) in [7, 11) is 0. The predicted octanol–water partition coefficient (Wildman–Crippen LogP) is 3.04. The third kappa shape index (κ3) is 10.9. The second kappa shape index (κ2) is 13.0. The summed E-state index contributed by atoms with van der Waals surface area (Å²) in [5, 5.41) is 11.8. The number of allylic oxidation sites excluding steroid dienone is 1. The van der Waals surface area contributed by atoms with E-state index in [4.69, 9.17) is 5.11 Å². The van der Waals surface area contributed by atoms with Gasteiger partial charge in [-0.25, -0.2) is 0 Å². The quantitative estimate of drug-likeness (QED) is 0.295. The number of nitrogens with one attached hydrogen (secondary N) is 1. The molecule has 5 heteroatoms. The maximum Gasteiger partial charge on any atom is 0.310 e. The van der Waals surface area contributed by atoms with E-state index in [1.54, 1.807) is 6.08 Å². The molecule has 1 unspecified atom stereocenters. The van der Waals surface area contributed by atoms with Gasteiger partial charge in [0.25, 0.3) is 0 Å². The van der Waals surface area contributed by atoms with Crippen molar-refractivity contribution in [3.63, 3.8) is 0 Å². The van der Waals surface area contributed by atoms with Crippen LogP contribution in [0.15, 0.2) is 12.2 Å². The minimum absolute atomic E-state index is 0.00731. The van der Waals surface area contributed by atoms with Crippen LogP contribution in [0.2, 0.25) is 0 Å². The van der Waals surface area contributed by atoms with Crippen molar-refractivity contribution in [1.29, 1.82) is 0 Å². The molecule has 0 aliphatic rings. The van der Waals surface area contributed by atoms with Gasteiger partial charge in [-0.3, -0.25) is 9.59 Å². The second-order valence-electron chi connectivity index (χ2n) is 4.85. The van der Waals surface area contributed by atoms with Gasteiger partial charge in [-0.2, -0.15) is 12.6 Å². The van der Waals surface area contributed by atoms with Gasteiger partial charge in [-0.05, 0) is 25.0 Å². The van der Waals surface area contributed by atoms with E-state index in [2.05, 4.69) is 24.9 Å². The Bertz CT molecular complexity index is 305. The fraction of sp³-hybridized carbons (Fsp3) is 0.733. The minimum Gasteiger partial charge on any atom is -0.481 e. The van der Waals surface area contributed by atoms with E-state index in [1.807, 2.05) is 6.08 Å². The number of rotatable bonds is 12. The van der Waals surface area contributed by atoms with Gasteiger partial charge < -0.3 is 10.4 Å². The Morgan fingerprint density at radius 1 is 1.25 bits per heavy atom. The highest BCUT2D eigenvalue weighted by Gasteiger charge is 2.17. The molecule has 0 saturated heterocycles. The molecule has 0 aromatic rings. The first kappa shape index (κ1) is 19.0. The number of thiol groups is 1. The molecule has 2 N–H and O–H groups in total. The van der Waals surface area contributed by atoms with Gasteiger partial charge in [0.2, 0.25) is 5.91 Å². The smallest absolute Gasteiger partial charge is 0.310 e. The summed E-state index contributed by atoms with van der Waals surface area (Å²) in [5.74, 6) is -1.17. The fourth-order valence-electron chi connectivity index (χ4n) is 1.77. The molecule has 1 atom stereocenters. The number of unbranched alkanes of at least 4 members (excludes halogenated alkanes) is 4. The Balaban J connectivity index is 4.00. The first-order valence-electron chi connectivity index (χ1n) is 7.38. The van der Waals surface area contributed by atoms with Crippen LogP contribution in [0, 0.1) is 5.92 Å². The number of hydrogen-bond acceptors (Lipinski definition) is 3. The number of aliphatic carboxylic acids is 1. The summed E-state index contributed by atoms with van der Waals surface area (Å²) in [6.07, 6.45) is 9.85. The highest BCUT2D eigenvalue weighted by molar-refractivity contribution is 7.80. The number of hydrogen-bond donors (Lipinski definition) is 3. The standard InChI is InChI=1S/C15H27NO3S/c1-2-3-4-5-6-7-9-13(15(18)19)12-14(17)16-10-8-11-20/h7,9,13,20H,2-6,8,10-12H2,1H3,(H,16,17)(H,18,19). The maximum atomic E-state index is 11.6. The van der Waals surface area contributed by atoms with Crippen LogP contribution in [-0.2, 0) is 9.59 Å². The number of carboxylic acids is 1. The zero-order valence-corrected chi connectivity index (χ0v) is 13.2. The minimum atomic E-state index is -0.945. The van der Waals surface area contributed by atoms with Crippen LogP contribution in [0.4, 0.5) is 0 Å². The lowest BCUT2D eigenvalue weighted by molar-refractivity contribution is -0.142. The average molecular weight is 301 g/mol. The van der Waals surface area contributed by atoms with Gasteiger partial charge in [-0.15, -0.1) is 0 Å². The van der Waals surface area contributed by atoms with Crippen LogP contribution >= 0.6 is 12.6 Å². The normalized spacial score (nSPS) is 12.5. The molecule has 4 nitrogen and oxygen atoms in total. The van der Waals surface area contributed by atoms with E-state index in [1.165, 1.54) is 19.3 Å². The monoisotopic (exact) mass is 301 g/mol. The molecule has 0 radical (unpaired) electrons. The van der Waals surface area contributed by atoms with Gasteiger partial charge in [0.1, 0.15) is 0 Å². The summed E-state index contributed by atoms with van der Waals surface area (Å²) in [4.78, 5) is 22.7. The SMILES string of the molecule is CCCCCCC=CC(CC(=O)NCCCS)C(=O)O. The van der Waals surface area contributed by atoms with E-state index in [0.29, 0.717) is 12.3 Å². The Kier molecular flexibility index (Phi) is 12.4. The van der Waals surface area contributed by atoms with E-state index in [-0.39, 0.29) is 12.3 Å². The fourth-order valence-corrected chi connectivity index (χ4v) is 1.92. The number of carbonyl (C=O) groups excluding carboxylic acids is 1. The molecular weight excluding hydrogens is 274 g/mol. The lowest BCUT2D eigenvalue weighted by Gasteiger charge is -2.08. The summed E-state index contributed by atoms with van der Waals surface area (Å²) in [6.45, 7) is 2.71. The van der Waals surface area contributed by atoms with Crippen molar-refractivity contribution in [2.75, 3.05) is 12.3 Å². The molecule has 1 amide bonds. The summed E-state index contributed by atoms with van der Waals surface area (Å²) >= 11 is 4.05. The molecule has 0 aliphatic heterocycles. The molecule has 0 aromatic carbocycles. The van der Waals surface area contributed by atoms with Crippen molar-refractivity contribution < 1.29 is 14.7 Å². The largest absolute Gasteiger partial charge is 0.481 e. The van der Waals surface area contributed by atoms with Crippen molar-refractivity contribution >= 4 is 24.5 Å². The molecule has 0 aromatic heterocycles. The highest BCUT2D eigenvalue weighted by Crippen LogP contribution is 2.09. The van der Waals surface area contributed by atoms with Gasteiger partial charge >= 0.3 is 5.97 Å². The zero-order chi connectivity index (χ0) is 15.2. The predicted molar refractivity (Wildman–Crippen MR) is 85.1 cm³/mol. The van der Waals surface area contributed by atoms with Crippen molar-refractivity contribution in [1.82, 2.24) is 5.32 Å². The first-order valence-corrected chi connectivity index (χ1v) is 8.02. The second-order valence-corrected chi connectivity index (χ2v) is 5.30. The molecule has 0 aliphatic carbocycles. The van der Waals surface area contributed by atoms with E-state index >= 15 is 0 Å². The van der Waals surface area contributed by atoms with Crippen molar-refractivity contribution in [3.05, 3.63) is 12.2 Å². The zero-order valence-electron chi connectivity index (χ0n) is 12.3. The van der Waals surface area contributed by atoms with Crippen LogP contribution < -0.4 is 5.32 Å². The van der Waals surface area contributed by atoms with E-state index in [9.17, 15) is 9.59 Å². The summed E-state index contributed by atoms with van der Waals surface area (Å²) in [5.41, 5.74) is 0. The van der Waals surface area contributed by atoms with Crippen LogP contribution in [0.25, 0.3) is 0 Å². The molecule has 116 valence electrons. The summed E-state index contributed by atoms with van der Waals surface area (Å²) in [6, 6.07) is 0. The Morgan fingerprint density at radius 3 is 2.60 bits per heavy atom. The maximum absolute atomic E-state index is 11.6. The average Bonchev–Trinajstić information content (AvgIpc) is 2.41. The van der Waals surface area contributed by atoms with Crippen molar-refractivity contribution in [3.8, 4) is 0 Å². The molecular formula is C15H27NO3S. The van der Waals surface area contributed by atoms with Crippen molar-refractivity contribution in [2.24, 2.45) is 5.92 Å². The summed E-state index contributed by atoms with van der Waals surface area (Å²) < 4.78 is 0. The van der Waals surface area contributed by atoms with Crippen LogP contribution in [-0.4, -0.2) is 29.3 Å². The Labute approximate surface area is 127 Å². The molecule has 0 spiro atoms. The lowest BCUT2D eigenvalue weighted by Crippen LogP contribution is -2.28. The Morgan fingerprint density at radius 2 is 2.00 bits per heavy atom. The molecule has 0 saturated carbocycles. The molecule has 0 fully saturated rings. The van der Waals surface area contributed by atoms with Crippen LogP contribution in [0.5, 0.6) is 0 Å². The molecule has 0 rings (SSSR count). The number of carbonyl (C=O) groups is 2. The van der Waals surface area contributed by atoms with Gasteiger partial charge in [0.05, 0.1) is 5.92 Å². The van der Waals surface area contributed by atoms with Gasteiger partial charge in [0.15, 0.2) is 0 Å². The van der Waals surface area contributed by atoms with Crippen LogP contribution in [0.3, 0.4) is 0 Å². The molecule has 0 heterocycles. The van der Waals surface area contributed by atoms with E-state index in [0.717, 1.165) is 19.3 Å². The Hall–Kier alpha value is -0.970. The molecule has 0 bridgehead atoms. The third-order valence-corrected chi connectivity index (χ3v) is 3.29. The van der Waals surface area contributed by atoms with Crippen LogP contribution in [0.1, 0.15) is 51.9 Å². The van der Waals surface area contributed by atoms with Gasteiger partial charge in [-0.1, -0.05) is 38.3 Å². The lowest BCUT2D eigenvalue weighted by atomic mass is 10.0. The van der Waals surface area contributed by atoms with E-state index < -0.39 is 11.9 Å². The first-order chi connectivity index (χ1) is 9.61. The van der Waals surface area contributed by atoms with Gasteiger partial charge in [0, 0.05) is 13.0 Å². The third-order valence-electron chi connectivity index (χ3n) is 2.97. The number of carboxylic acid groups (broad SMARTS) is 1.